The van der Waals surface area contributed by atoms with Crippen molar-refractivity contribution in [2.24, 2.45) is 5.92 Å². The Kier molecular flexibility index (Phi) is 4.64. The summed E-state index contributed by atoms with van der Waals surface area (Å²) in [5.41, 5.74) is 9.62. The van der Waals surface area contributed by atoms with Crippen molar-refractivity contribution in [3.05, 3.63) is 5.53 Å². The van der Waals surface area contributed by atoms with Crippen molar-refractivity contribution < 1.29 is 20.4 Å². The third-order valence-corrected chi connectivity index (χ3v) is 1.43. The molecule has 0 spiro atoms. The predicted molar refractivity (Wildman–Crippen MR) is 33.1 cm³/mol. The van der Waals surface area contributed by atoms with Crippen LogP contribution in [0.25, 0.3) is 5.53 Å². The largest absolute Gasteiger partial charge is 0.532 e. The molecule has 9 heavy (non-hydrogen) atoms. The number of hydrogen-bond acceptors (Lipinski definition) is 2. The zero-order valence-corrected chi connectivity index (χ0v) is 8.40. The van der Waals surface area contributed by atoms with Gasteiger partial charge in [-0.1, -0.05) is 13.8 Å². The molecule has 2 N–H and O–H groups in total. The number of nitrogens with zero attached hydrogens (tertiary/aromatic N) is 1. The summed E-state index contributed by atoms with van der Waals surface area (Å²) in [7, 11) is 0. The third kappa shape index (κ3) is 2.74. The van der Waals surface area contributed by atoms with E-state index in [0.29, 0.717) is 12.0 Å². The van der Waals surface area contributed by atoms with E-state index in [4.69, 9.17) is 0 Å². The van der Waals surface area contributed by atoms with Gasteiger partial charge in [0, 0.05) is 26.5 Å². The Morgan fingerprint density at radius 1 is 1.56 bits per heavy atom. The van der Waals surface area contributed by atoms with Gasteiger partial charge >= 0.3 is 0 Å². The molecule has 4 heteroatoms. The Morgan fingerprint density at radius 2 is 2.22 bits per heavy atom. The van der Waals surface area contributed by atoms with Crippen molar-refractivity contribution in [2.45, 2.75) is 19.9 Å². The van der Waals surface area contributed by atoms with E-state index in [1.165, 1.54) is 0 Å². The molecule has 55 valence electrons. The summed E-state index contributed by atoms with van der Waals surface area (Å²) in [5, 5.41) is 0. The van der Waals surface area contributed by atoms with Crippen molar-refractivity contribution in [3.63, 3.8) is 0 Å². The monoisotopic (exact) mass is 301 g/mol. The van der Waals surface area contributed by atoms with E-state index in [-0.39, 0.29) is 20.4 Å². The van der Waals surface area contributed by atoms with Crippen molar-refractivity contribution in [1.82, 2.24) is 10.9 Å². The van der Waals surface area contributed by atoms with Crippen LogP contribution in [-0.2, 0) is 20.4 Å². The van der Waals surface area contributed by atoms with Gasteiger partial charge in [-0.05, 0) is 12.5 Å². The van der Waals surface area contributed by atoms with E-state index in [9.17, 15) is 0 Å². The Labute approximate surface area is 69.6 Å². The van der Waals surface area contributed by atoms with Crippen LogP contribution < -0.4 is 10.9 Å². The van der Waals surface area contributed by atoms with Gasteiger partial charge in [-0.25, -0.2) is 0 Å². The van der Waals surface area contributed by atoms with Crippen LogP contribution >= 0.6 is 0 Å². The van der Waals surface area contributed by atoms with Crippen LogP contribution in [0.2, 0.25) is 0 Å². The number of nitrogens with one attached hydrogen (secondary N) is 2. The molecule has 1 unspecified atom stereocenters. The van der Waals surface area contributed by atoms with Gasteiger partial charge < -0.3 is 16.4 Å². The molecule has 0 aromatic rings. The molecule has 0 bridgehead atoms. The average molecular weight is 300 g/mol. The van der Waals surface area contributed by atoms with Crippen LogP contribution in [0, 0.1) is 5.92 Å². The van der Waals surface area contributed by atoms with Gasteiger partial charge in [0.15, 0.2) is 0 Å². The summed E-state index contributed by atoms with van der Waals surface area (Å²) in [5.74, 6) is 0.675. The average Bonchev–Trinajstić information content (AvgIpc) is 2.12. The number of rotatable bonds is 1. The quantitative estimate of drug-likeness (QED) is 0.736. The first-order chi connectivity index (χ1) is 3.80. The topological polar surface area (TPSA) is 38.2 Å². The van der Waals surface area contributed by atoms with Crippen LogP contribution in [0.4, 0.5) is 0 Å². The van der Waals surface area contributed by atoms with Crippen molar-refractivity contribution >= 4 is 0 Å². The first-order valence-electron chi connectivity index (χ1n) is 2.99. The molecule has 1 radical (unpaired) electrons. The summed E-state index contributed by atoms with van der Waals surface area (Å²) >= 11 is 0. The molecule has 1 rings (SSSR count). The molecule has 0 aliphatic carbocycles. The summed E-state index contributed by atoms with van der Waals surface area (Å²) in [4.78, 5) is 0. The van der Waals surface area contributed by atoms with Crippen molar-refractivity contribution in [3.8, 4) is 0 Å². The standard InChI is InChI=1S/C5H12N3.Re/c1-4(2)5-3-6-8-7-5;/h4-7H,3H2,1-2H3;/q-1;. The van der Waals surface area contributed by atoms with E-state index in [1.54, 1.807) is 0 Å². The Morgan fingerprint density at radius 3 is 2.44 bits per heavy atom. The second kappa shape index (κ2) is 4.37. The maximum Gasteiger partial charge on any atom is 0.00428 e. The number of hydrogen-bond donors (Lipinski definition) is 2. The molecule has 3 nitrogen and oxygen atoms in total. The molecule has 1 heterocycles. The first kappa shape index (κ1) is 9.54. The molecular weight excluding hydrogens is 288 g/mol. The molecule has 1 fully saturated rings. The minimum Gasteiger partial charge on any atom is -0.532 e. The van der Waals surface area contributed by atoms with E-state index in [1.807, 2.05) is 0 Å². The smallest absolute Gasteiger partial charge is 0.00428 e. The second-order valence-electron chi connectivity index (χ2n) is 2.45. The van der Waals surface area contributed by atoms with Crippen molar-refractivity contribution in [2.75, 3.05) is 6.54 Å². The molecule has 1 atom stereocenters. The summed E-state index contributed by atoms with van der Waals surface area (Å²) in [6.45, 7) is 5.33. The maximum atomic E-state index is 3.79. The van der Waals surface area contributed by atoms with Gasteiger partial charge in [0.05, 0.1) is 0 Å². The van der Waals surface area contributed by atoms with Crippen LogP contribution in [0.3, 0.4) is 0 Å². The first-order valence-corrected chi connectivity index (χ1v) is 2.99. The van der Waals surface area contributed by atoms with E-state index >= 15 is 0 Å². The second-order valence-corrected chi connectivity index (χ2v) is 2.45. The van der Waals surface area contributed by atoms with Gasteiger partial charge in [-0.3, -0.25) is 0 Å². The van der Waals surface area contributed by atoms with Gasteiger partial charge in [0.2, 0.25) is 0 Å². The summed E-state index contributed by atoms with van der Waals surface area (Å²) in [6.07, 6.45) is 0. The maximum absolute atomic E-state index is 3.79. The third-order valence-electron chi connectivity index (χ3n) is 1.43. The summed E-state index contributed by atoms with van der Waals surface area (Å²) < 4.78 is 0. The molecule has 1 aliphatic heterocycles. The fourth-order valence-corrected chi connectivity index (χ4v) is 0.703. The Hall–Kier alpha value is 0.542. The van der Waals surface area contributed by atoms with Crippen LogP contribution in [0.15, 0.2) is 0 Å². The minimum absolute atomic E-state index is 0. The molecule has 0 aromatic carbocycles. The van der Waals surface area contributed by atoms with Crippen molar-refractivity contribution in [1.29, 1.82) is 0 Å². The van der Waals surface area contributed by atoms with Crippen LogP contribution in [0.1, 0.15) is 13.8 Å². The molecule has 0 saturated carbocycles. The normalized spacial score (nSPS) is 26.3. The molecule has 1 saturated heterocycles. The van der Waals surface area contributed by atoms with E-state index in [0.717, 1.165) is 6.54 Å². The van der Waals surface area contributed by atoms with Gasteiger partial charge in [-0.2, -0.15) is 0 Å². The Balaban J connectivity index is 0.000000640. The fraction of sp³-hybridized carbons (Fsp3) is 1.00. The zero-order chi connectivity index (χ0) is 5.98. The van der Waals surface area contributed by atoms with Gasteiger partial charge in [-0.15, -0.1) is 0 Å². The molecular formula is C5H12N3Re-. The SMILES string of the molecule is CC(C)C1CN[N-]N1.[Re]. The van der Waals surface area contributed by atoms with E-state index < -0.39 is 0 Å². The predicted octanol–water partition coefficient (Wildman–Crippen LogP) is 0.405. The zero-order valence-electron chi connectivity index (χ0n) is 5.69. The van der Waals surface area contributed by atoms with E-state index in [2.05, 4.69) is 30.2 Å². The molecule has 1 aliphatic rings. The fourth-order valence-electron chi connectivity index (χ4n) is 0.703. The van der Waals surface area contributed by atoms with Crippen LogP contribution in [0.5, 0.6) is 0 Å². The molecule has 0 amide bonds. The van der Waals surface area contributed by atoms with Gasteiger partial charge in [0.25, 0.3) is 0 Å². The van der Waals surface area contributed by atoms with Gasteiger partial charge in [0.1, 0.15) is 0 Å². The summed E-state index contributed by atoms with van der Waals surface area (Å²) in [6, 6.07) is 0.537. The Bertz CT molecular complexity index is 70.6. The van der Waals surface area contributed by atoms with Crippen LogP contribution in [-0.4, -0.2) is 12.6 Å². The molecule has 0 aromatic heterocycles. The minimum atomic E-state index is 0.